The first-order chi connectivity index (χ1) is 6.24. The summed E-state index contributed by atoms with van der Waals surface area (Å²) in [6.07, 6.45) is 8.22. The molecule has 0 heterocycles. The maximum Gasteiger partial charge on any atom is 0.0759 e. The van der Waals surface area contributed by atoms with Crippen molar-refractivity contribution in [2.75, 3.05) is 4.43 Å². The third kappa shape index (κ3) is 4.46. The van der Waals surface area contributed by atoms with Crippen LogP contribution in [0, 0.1) is 5.92 Å². The molecule has 1 nitrogen and oxygen atoms in total. The summed E-state index contributed by atoms with van der Waals surface area (Å²) in [5.41, 5.74) is 0. The highest BCUT2D eigenvalue weighted by atomic mass is 127. The summed E-state index contributed by atoms with van der Waals surface area (Å²) in [7, 11) is 0. The Kier molecular flexibility index (Phi) is 6.22. The van der Waals surface area contributed by atoms with E-state index in [1.165, 1.54) is 35.7 Å². The molecule has 1 aliphatic rings. The van der Waals surface area contributed by atoms with E-state index in [-0.39, 0.29) is 6.10 Å². The van der Waals surface area contributed by atoms with E-state index in [0.29, 0.717) is 5.92 Å². The molecule has 0 aliphatic heterocycles. The smallest absolute Gasteiger partial charge is 0.0759 e. The Morgan fingerprint density at radius 2 is 2.00 bits per heavy atom. The Hall–Kier alpha value is 1.16. The molecule has 0 radical (unpaired) electrons. The minimum atomic E-state index is -0.193. The zero-order valence-corrected chi connectivity index (χ0v) is 12.0. The van der Waals surface area contributed by atoms with Gasteiger partial charge in [0.05, 0.1) is 6.10 Å². The summed E-state index contributed by atoms with van der Waals surface area (Å²) in [6.45, 7) is 0. The lowest BCUT2D eigenvalue weighted by Gasteiger charge is -2.24. The van der Waals surface area contributed by atoms with Crippen LogP contribution in [-0.4, -0.2) is 15.6 Å². The molecule has 1 fully saturated rings. The SMILES string of the molecule is OC(/C=C(\I)CI)C1CCCCC1. The zero-order valence-electron chi connectivity index (χ0n) is 7.68. The molecule has 1 N–H and O–H groups in total. The summed E-state index contributed by atoms with van der Waals surface area (Å²) >= 11 is 4.64. The Morgan fingerprint density at radius 1 is 1.38 bits per heavy atom. The third-order valence-corrected chi connectivity index (χ3v) is 5.63. The number of hydrogen-bond donors (Lipinski definition) is 1. The molecule has 3 heteroatoms. The average Bonchev–Trinajstić information content (AvgIpc) is 2.19. The van der Waals surface area contributed by atoms with Crippen LogP contribution in [0.4, 0.5) is 0 Å². The Bertz CT molecular complexity index is 174. The van der Waals surface area contributed by atoms with E-state index in [1.54, 1.807) is 0 Å². The van der Waals surface area contributed by atoms with Gasteiger partial charge in [0.2, 0.25) is 0 Å². The van der Waals surface area contributed by atoms with Crippen LogP contribution < -0.4 is 0 Å². The van der Waals surface area contributed by atoms with Crippen molar-refractivity contribution >= 4 is 45.2 Å². The van der Waals surface area contributed by atoms with E-state index in [2.05, 4.69) is 45.2 Å². The minimum absolute atomic E-state index is 0.193. The summed E-state index contributed by atoms with van der Waals surface area (Å²) in [5, 5.41) is 9.89. The molecule has 0 saturated heterocycles. The molecule has 1 aliphatic carbocycles. The summed E-state index contributed by atoms with van der Waals surface area (Å²) < 4.78 is 2.29. The lowest BCUT2D eigenvalue weighted by atomic mass is 9.85. The topological polar surface area (TPSA) is 20.2 Å². The van der Waals surface area contributed by atoms with Gasteiger partial charge < -0.3 is 5.11 Å². The van der Waals surface area contributed by atoms with E-state index < -0.39 is 0 Å². The molecule has 0 spiro atoms. The molecule has 1 rings (SSSR count). The highest BCUT2D eigenvalue weighted by Crippen LogP contribution is 2.28. The third-order valence-electron chi connectivity index (χ3n) is 2.61. The van der Waals surface area contributed by atoms with Crippen molar-refractivity contribution in [1.82, 2.24) is 0 Å². The molecule has 1 saturated carbocycles. The normalized spacial score (nSPS) is 23.2. The maximum atomic E-state index is 9.89. The van der Waals surface area contributed by atoms with Gasteiger partial charge in [-0.25, -0.2) is 0 Å². The fourth-order valence-electron chi connectivity index (χ4n) is 1.84. The van der Waals surface area contributed by atoms with E-state index in [0.717, 1.165) is 4.43 Å². The molecule has 1 unspecified atom stereocenters. The van der Waals surface area contributed by atoms with Crippen LogP contribution in [0.15, 0.2) is 9.66 Å². The van der Waals surface area contributed by atoms with Gasteiger partial charge in [0.25, 0.3) is 0 Å². The van der Waals surface area contributed by atoms with Crippen molar-refractivity contribution in [3.8, 4) is 0 Å². The van der Waals surface area contributed by atoms with Gasteiger partial charge >= 0.3 is 0 Å². The van der Waals surface area contributed by atoms with Gasteiger partial charge in [-0.15, -0.1) is 0 Å². The van der Waals surface area contributed by atoms with Crippen LogP contribution in [0.25, 0.3) is 0 Å². The Labute approximate surface area is 108 Å². The largest absolute Gasteiger partial charge is 0.389 e. The van der Waals surface area contributed by atoms with Crippen LogP contribution in [0.5, 0.6) is 0 Å². The van der Waals surface area contributed by atoms with Gasteiger partial charge in [-0.2, -0.15) is 0 Å². The van der Waals surface area contributed by atoms with E-state index in [9.17, 15) is 5.11 Å². The van der Waals surface area contributed by atoms with Crippen molar-refractivity contribution in [2.24, 2.45) is 5.92 Å². The average molecular weight is 406 g/mol. The van der Waals surface area contributed by atoms with Gasteiger partial charge in [-0.1, -0.05) is 41.9 Å². The van der Waals surface area contributed by atoms with Crippen LogP contribution in [0.3, 0.4) is 0 Å². The van der Waals surface area contributed by atoms with E-state index >= 15 is 0 Å². The number of hydrogen-bond acceptors (Lipinski definition) is 1. The second-order valence-electron chi connectivity index (χ2n) is 3.64. The number of rotatable bonds is 3. The standard InChI is InChI=1S/C10H16I2O/c11-7-9(12)6-10(13)8-4-2-1-3-5-8/h6,8,10,13H,1-5,7H2/b9-6-. The lowest BCUT2D eigenvalue weighted by Crippen LogP contribution is -2.20. The van der Waals surface area contributed by atoms with Gasteiger partial charge in [0.15, 0.2) is 0 Å². The molecule has 0 bridgehead atoms. The summed E-state index contributed by atoms with van der Waals surface area (Å²) in [5.74, 6) is 0.529. The Morgan fingerprint density at radius 3 is 2.54 bits per heavy atom. The van der Waals surface area contributed by atoms with Crippen LogP contribution in [0.2, 0.25) is 0 Å². The number of aliphatic hydroxyl groups is 1. The fraction of sp³-hybridized carbons (Fsp3) is 0.800. The highest BCUT2D eigenvalue weighted by molar-refractivity contribution is 14.1. The summed E-state index contributed by atoms with van der Waals surface area (Å²) in [6, 6.07) is 0. The monoisotopic (exact) mass is 406 g/mol. The first-order valence-corrected chi connectivity index (χ1v) is 7.44. The molecule has 13 heavy (non-hydrogen) atoms. The second-order valence-corrected chi connectivity index (χ2v) is 5.78. The van der Waals surface area contributed by atoms with Gasteiger partial charge in [-0.05, 0) is 51.0 Å². The second kappa shape index (κ2) is 6.61. The molecule has 0 aromatic heterocycles. The zero-order chi connectivity index (χ0) is 9.68. The molecule has 0 amide bonds. The quantitative estimate of drug-likeness (QED) is 0.561. The van der Waals surface area contributed by atoms with Crippen LogP contribution >= 0.6 is 45.2 Å². The van der Waals surface area contributed by atoms with Crippen molar-refractivity contribution in [3.05, 3.63) is 9.66 Å². The van der Waals surface area contributed by atoms with E-state index in [1.807, 2.05) is 6.08 Å². The highest BCUT2D eigenvalue weighted by Gasteiger charge is 2.19. The van der Waals surface area contributed by atoms with Gasteiger partial charge in [0.1, 0.15) is 0 Å². The first kappa shape index (κ1) is 12.2. The van der Waals surface area contributed by atoms with Crippen molar-refractivity contribution in [2.45, 2.75) is 38.2 Å². The van der Waals surface area contributed by atoms with Gasteiger partial charge in [0, 0.05) is 4.43 Å². The van der Waals surface area contributed by atoms with Crippen molar-refractivity contribution in [1.29, 1.82) is 0 Å². The predicted molar refractivity (Wildman–Crippen MR) is 73.6 cm³/mol. The molecule has 76 valence electrons. The Balaban J connectivity index is 2.41. The lowest BCUT2D eigenvalue weighted by molar-refractivity contribution is 0.125. The van der Waals surface area contributed by atoms with Crippen LogP contribution in [-0.2, 0) is 0 Å². The van der Waals surface area contributed by atoms with Gasteiger partial charge in [-0.3, -0.25) is 0 Å². The molecule has 0 aromatic carbocycles. The van der Waals surface area contributed by atoms with E-state index in [4.69, 9.17) is 0 Å². The predicted octanol–water partition coefficient (Wildman–Crippen LogP) is 3.68. The number of halogens is 2. The van der Waals surface area contributed by atoms with Crippen LogP contribution in [0.1, 0.15) is 32.1 Å². The molecular formula is C10H16I2O. The van der Waals surface area contributed by atoms with Crippen molar-refractivity contribution in [3.63, 3.8) is 0 Å². The first-order valence-electron chi connectivity index (χ1n) is 4.84. The molecular weight excluding hydrogens is 390 g/mol. The molecule has 0 aromatic rings. The summed E-state index contributed by atoms with van der Waals surface area (Å²) in [4.78, 5) is 0. The minimum Gasteiger partial charge on any atom is -0.389 e. The fourth-order valence-corrected chi connectivity index (χ4v) is 2.46. The van der Waals surface area contributed by atoms with Crippen molar-refractivity contribution < 1.29 is 5.11 Å². The maximum absolute atomic E-state index is 9.89. The number of aliphatic hydroxyl groups excluding tert-OH is 1. The number of alkyl halides is 1. The molecule has 1 atom stereocenters. The number of allylic oxidation sites excluding steroid dienone is 1.